The number of anilines is 2. The van der Waals surface area contributed by atoms with Crippen molar-refractivity contribution in [1.29, 1.82) is 0 Å². The Morgan fingerprint density at radius 3 is 2.70 bits per heavy atom. The summed E-state index contributed by atoms with van der Waals surface area (Å²) in [5, 5.41) is 8.80. The van der Waals surface area contributed by atoms with E-state index in [-0.39, 0.29) is 18.2 Å². The Morgan fingerprint density at radius 2 is 1.87 bits per heavy atom. The summed E-state index contributed by atoms with van der Waals surface area (Å²) in [6, 6.07) is 14.9. The van der Waals surface area contributed by atoms with Crippen LogP contribution in [0.3, 0.4) is 0 Å². The van der Waals surface area contributed by atoms with Crippen LogP contribution in [-0.2, 0) is 16.0 Å². The smallest absolute Gasteiger partial charge is 0.250 e. The molecule has 9 heteroatoms. The lowest BCUT2D eigenvalue weighted by Gasteiger charge is -1.99. The Balaban J connectivity index is 1.32. The summed E-state index contributed by atoms with van der Waals surface area (Å²) in [5.41, 5.74) is 2.28. The fourth-order valence-electron chi connectivity index (χ4n) is 2.61. The lowest BCUT2D eigenvalue weighted by molar-refractivity contribution is -0.115. The molecule has 0 aliphatic rings. The van der Waals surface area contributed by atoms with E-state index in [0.717, 1.165) is 15.8 Å². The third kappa shape index (κ3) is 5.29. The summed E-state index contributed by atoms with van der Waals surface area (Å²) >= 11 is 8.61. The number of hydrogen-bond acceptors (Lipinski definition) is 6. The second-order valence-corrected chi connectivity index (χ2v) is 8.56. The van der Waals surface area contributed by atoms with Crippen LogP contribution < -0.4 is 10.6 Å². The van der Waals surface area contributed by atoms with E-state index < -0.39 is 0 Å². The molecule has 0 saturated carbocycles. The Kier molecular flexibility index (Phi) is 6.18. The van der Waals surface area contributed by atoms with Crippen LogP contribution in [0.2, 0.25) is 5.02 Å². The Labute approximate surface area is 185 Å². The first-order chi connectivity index (χ1) is 14.5. The number of nitrogens with one attached hydrogen (secondary N) is 2. The molecule has 0 atom stereocenters. The predicted octanol–water partition coefficient (Wildman–Crippen LogP) is 5.24. The normalized spacial score (nSPS) is 11.1. The fourth-order valence-corrected chi connectivity index (χ4v) is 4.48. The number of hydrogen-bond donors (Lipinski definition) is 2. The van der Waals surface area contributed by atoms with E-state index in [1.54, 1.807) is 17.5 Å². The maximum atomic E-state index is 12.3. The van der Waals surface area contributed by atoms with Crippen LogP contribution in [0.15, 0.2) is 60.0 Å². The minimum atomic E-state index is -0.280. The van der Waals surface area contributed by atoms with Crippen molar-refractivity contribution in [2.75, 3.05) is 10.6 Å². The number of aromatic nitrogens is 2. The number of carbonyl (C=O) groups is 2. The van der Waals surface area contributed by atoms with Crippen LogP contribution in [0.5, 0.6) is 0 Å². The SMILES string of the molecule is O=C(C=Cc1ccccc1)Nc1nc(CC(=O)Nc2nc3ccc(Cl)cc3s2)cs1. The predicted molar refractivity (Wildman–Crippen MR) is 123 cm³/mol. The molecule has 4 rings (SSSR count). The van der Waals surface area contributed by atoms with Gasteiger partial charge in [0.15, 0.2) is 10.3 Å². The Bertz CT molecular complexity index is 1230. The molecule has 4 aromatic rings. The van der Waals surface area contributed by atoms with Crippen molar-refractivity contribution in [3.63, 3.8) is 0 Å². The zero-order chi connectivity index (χ0) is 20.9. The summed E-state index contributed by atoms with van der Waals surface area (Å²) in [7, 11) is 0. The molecule has 0 bridgehead atoms. The third-order valence-corrected chi connectivity index (χ3v) is 5.92. The fraction of sp³-hybridized carbons (Fsp3) is 0.0476. The van der Waals surface area contributed by atoms with Gasteiger partial charge in [0.2, 0.25) is 11.8 Å². The molecule has 0 spiro atoms. The Hall–Kier alpha value is -3.07. The highest BCUT2D eigenvalue weighted by Gasteiger charge is 2.12. The second-order valence-electron chi connectivity index (χ2n) is 6.23. The average molecular weight is 455 g/mol. The summed E-state index contributed by atoms with van der Waals surface area (Å²) < 4.78 is 0.903. The van der Waals surface area contributed by atoms with Crippen LogP contribution >= 0.6 is 34.3 Å². The van der Waals surface area contributed by atoms with Gasteiger partial charge < -0.3 is 5.32 Å². The number of halogens is 1. The quantitative estimate of drug-likeness (QED) is 0.390. The van der Waals surface area contributed by atoms with Gasteiger partial charge in [0.25, 0.3) is 0 Å². The molecule has 2 aromatic carbocycles. The van der Waals surface area contributed by atoms with Gasteiger partial charge in [0.05, 0.1) is 22.3 Å². The molecule has 0 saturated heterocycles. The molecular weight excluding hydrogens is 440 g/mol. The number of rotatable bonds is 6. The van der Waals surface area contributed by atoms with E-state index in [2.05, 4.69) is 20.6 Å². The molecule has 0 aliphatic heterocycles. The zero-order valence-electron chi connectivity index (χ0n) is 15.5. The first kappa shape index (κ1) is 20.2. The van der Waals surface area contributed by atoms with Crippen molar-refractivity contribution < 1.29 is 9.59 Å². The minimum absolute atomic E-state index is 0.0862. The summed E-state index contributed by atoms with van der Waals surface area (Å²) in [6.45, 7) is 0. The van der Waals surface area contributed by atoms with Gasteiger partial charge >= 0.3 is 0 Å². The van der Waals surface area contributed by atoms with Crippen LogP contribution in [0, 0.1) is 0 Å². The molecule has 150 valence electrons. The molecule has 2 aromatic heterocycles. The summed E-state index contributed by atoms with van der Waals surface area (Å²) in [5.74, 6) is -0.510. The van der Waals surface area contributed by atoms with Gasteiger partial charge in [-0.1, -0.05) is 53.3 Å². The Morgan fingerprint density at radius 1 is 1.03 bits per heavy atom. The first-order valence-corrected chi connectivity index (χ1v) is 11.0. The minimum Gasteiger partial charge on any atom is -0.302 e. The van der Waals surface area contributed by atoms with Crippen molar-refractivity contribution in [3.05, 3.63) is 76.3 Å². The van der Waals surface area contributed by atoms with Gasteiger partial charge in [-0.15, -0.1) is 11.3 Å². The summed E-state index contributed by atoms with van der Waals surface area (Å²) in [4.78, 5) is 33.0. The number of benzene rings is 2. The monoisotopic (exact) mass is 454 g/mol. The molecule has 2 amide bonds. The molecule has 0 aliphatic carbocycles. The molecular formula is C21H15ClN4O2S2. The van der Waals surface area contributed by atoms with E-state index >= 15 is 0 Å². The average Bonchev–Trinajstić information content (AvgIpc) is 3.32. The van der Waals surface area contributed by atoms with Crippen molar-refractivity contribution in [1.82, 2.24) is 9.97 Å². The molecule has 0 radical (unpaired) electrons. The van der Waals surface area contributed by atoms with Gasteiger partial charge in [-0.05, 0) is 29.8 Å². The highest BCUT2D eigenvalue weighted by atomic mass is 35.5. The number of amides is 2. The number of carbonyl (C=O) groups excluding carboxylic acids is 2. The number of fused-ring (bicyclic) bond motifs is 1. The third-order valence-electron chi connectivity index (χ3n) is 3.95. The highest BCUT2D eigenvalue weighted by molar-refractivity contribution is 7.22. The van der Waals surface area contributed by atoms with Crippen LogP contribution in [0.25, 0.3) is 16.3 Å². The van der Waals surface area contributed by atoms with E-state index in [0.29, 0.717) is 21.0 Å². The van der Waals surface area contributed by atoms with Gasteiger partial charge in [-0.3, -0.25) is 14.9 Å². The standard InChI is InChI=1S/C21H15ClN4O2S2/c22-14-7-8-16-17(10-14)30-21(24-16)26-19(28)11-15-12-29-20(23-15)25-18(27)9-6-13-4-2-1-3-5-13/h1-10,12H,11H2,(H,23,25,27)(H,24,26,28). The van der Waals surface area contributed by atoms with E-state index in [4.69, 9.17) is 11.6 Å². The van der Waals surface area contributed by atoms with Gasteiger partial charge in [0.1, 0.15) is 0 Å². The molecule has 0 fully saturated rings. The van der Waals surface area contributed by atoms with Crippen molar-refractivity contribution in [2.24, 2.45) is 0 Å². The molecule has 0 unspecified atom stereocenters. The number of thiazole rings is 2. The summed E-state index contributed by atoms with van der Waals surface area (Å²) in [6.07, 6.45) is 3.26. The van der Waals surface area contributed by atoms with E-state index in [9.17, 15) is 9.59 Å². The van der Waals surface area contributed by atoms with Gasteiger partial charge in [-0.2, -0.15) is 0 Å². The molecule has 2 N–H and O–H groups in total. The second kappa shape index (κ2) is 9.17. The van der Waals surface area contributed by atoms with Crippen LogP contribution in [-0.4, -0.2) is 21.8 Å². The zero-order valence-corrected chi connectivity index (χ0v) is 17.9. The van der Waals surface area contributed by atoms with Crippen molar-refractivity contribution >= 4 is 72.6 Å². The molecule has 6 nitrogen and oxygen atoms in total. The topological polar surface area (TPSA) is 84.0 Å². The maximum absolute atomic E-state index is 12.3. The van der Waals surface area contributed by atoms with Crippen molar-refractivity contribution in [2.45, 2.75) is 6.42 Å². The maximum Gasteiger partial charge on any atom is 0.250 e. The molecule has 2 heterocycles. The first-order valence-electron chi connectivity index (χ1n) is 8.89. The van der Waals surface area contributed by atoms with E-state index in [1.165, 1.54) is 28.7 Å². The van der Waals surface area contributed by atoms with E-state index in [1.807, 2.05) is 42.5 Å². The number of nitrogens with zero attached hydrogens (tertiary/aromatic N) is 2. The van der Waals surface area contributed by atoms with Crippen LogP contribution in [0.4, 0.5) is 10.3 Å². The lowest BCUT2D eigenvalue weighted by Crippen LogP contribution is -2.14. The van der Waals surface area contributed by atoms with Gasteiger partial charge in [0, 0.05) is 16.5 Å². The van der Waals surface area contributed by atoms with Crippen LogP contribution in [0.1, 0.15) is 11.3 Å². The van der Waals surface area contributed by atoms with Crippen molar-refractivity contribution in [3.8, 4) is 0 Å². The van der Waals surface area contributed by atoms with Gasteiger partial charge in [-0.25, -0.2) is 9.97 Å². The largest absolute Gasteiger partial charge is 0.302 e. The molecule has 30 heavy (non-hydrogen) atoms. The highest BCUT2D eigenvalue weighted by Crippen LogP contribution is 2.28. The lowest BCUT2D eigenvalue weighted by atomic mass is 10.2.